The van der Waals surface area contributed by atoms with Crippen molar-refractivity contribution in [1.82, 2.24) is 18.7 Å². The van der Waals surface area contributed by atoms with Crippen LogP contribution in [-0.2, 0) is 17.9 Å². The van der Waals surface area contributed by atoms with Gasteiger partial charge >= 0.3 is 5.69 Å². The fourth-order valence-corrected chi connectivity index (χ4v) is 3.48. The van der Waals surface area contributed by atoms with E-state index in [-0.39, 0.29) is 17.0 Å². The summed E-state index contributed by atoms with van der Waals surface area (Å²) in [6.07, 6.45) is 0.689. The van der Waals surface area contributed by atoms with E-state index in [1.807, 2.05) is 13.8 Å². The van der Waals surface area contributed by atoms with Crippen LogP contribution in [0.3, 0.4) is 0 Å². The van der Waals surface area contributed by atoms with Gasteiger partial charge in [-0.15, -0.1) is 5.10 Å². The second kappa shape index (κ2) is 8.37. The standard InChI is InChI=1S/C22H21F2N5O3/c1-13(2)9-10-27-20(31)15-5-3-4-6-18(15)29-21(27)26-28(22(29)32)12-19(30)25-17-11-14(23)7-8-16(17)24/h3-8,11,13H,9-10,12H2,1-2H3,(H,25,30). The van der Waals surface area contributed by atoms with Crippen LogP contribution in [0.2, 0.25) is 0 Å². The number of amides is 1. The maximum absolute atomic E-state index is 13.8. The average molecular weight is 441 g/mol. The van der Waals surface area contributed by atoms with Gasteiger partial charge in [0.05, 0.1) is 16.6 Å². The van der Waals surface area contributed by atoms with Crippen molar-refractivity contribution in [1.29, 1.82) is 0 Å². The van der Waals surface area contributed by atoms with E-state index >= 15 is 0 Å². The molecule has 0 aliphatic rings. The average Bonchev–Trinajstić information content (AvgIpc) is 3.06. The molecule has 0 aliphatic carbocycles. The summed E-state index contributed by atoms with van der Waals surface area (Å²) < 4.78 is 30.8. The van der Waals surface area contributed by atoms with Gasteiger partial charge in [0.1, 0.15) is 18.2 Å². The van der Waals surface area contributed by atoms with E-state index in [2.05, 4.69) is 10.4 Å². The first-order valence-corrected chi connectivity index (χ1v) is 10.1. The van der Waals surface area contributed by atoms with E-state index in [0.29, 0.717) is 29.8 Å². The highest BCUT2D eigenvalue weighted by molar-refractivity contribution is 5.90. The molecule has 0 bridgehead atoms. The minimum absolute atomic E-state index is 0.115. The Morgan fingerprint density at radius 3 is 2.62 bits per heavy atom. The Hall–Kier alpha value is -3.82. The highest BCUT2D eigenvalue weighted by Gasteiger charge is 2.19. The summed E-state index contributed by atoms with van der Waals surface area (Å²) in [6.45, 7) is 3.85. The fraction of sp³-hybridized carbons (Fsp3) is 0.273. The van der Waals surface area contributed by atoms with Gasteiger partial charge < -0.3 is 5.32 Å². The number of carbonyl (C=O) groups excluding carboxylic acids is 1. The SMILES string of the molecule is CC(C)CCn1c(=O)c2ccccc2n2c(=O)n(CC(=O)Nc3cc(F)ccc3F)nc12. The number of rotatable bonds is 6. The van der Waals surface area contributed by atoms with E-state index < -0.39 is 29.8 Å². The van der Waals surface area contributed by atoms with Gasteiger partial charge in [-0.3, -0.25) is 14.2 Å². The Balaban J connectivity index is 1.79. The van der Waals surface area contributed by atoms with E-state index in [9.17, 15) is 23.2 Å². The van der Waals surface area contributed by atoms with E-state index in [0.717, 1.165) is 22.9 Å². The van der Waals surface area contributed by atoms with E-state index in [1.54, 1.807) is 24.3 Å². The highest BCUT2D eigenvalue weighted by Crippen LogP contribution is 2.16. The van der Waals surface area contributed by atoms with E-state index in [4.69, 9.17) is 0 Å². The Morgan fingerprint density at radius 1 is 1.12 bits per heavy atom. The summed E-state index contributed by atoms with van der Waals surface area (Å²) in [5.74, 6) is -1.86. The largest absolute Gasteiger partial charge is 0.352 e. The summed E-state index contributed by atoms with van der Waals surface area (Å²) >= 11 is 0. The zero-order valence-corrected chi connectivity index (χ0v) is 17.5. The molecule has 166 valence electrons. The Morgan fingerprint density at radius 2 is 1.88 bits per heavy atom. The fourth-order valence-electron chi connectivity index (χ4n) is 3.48. The lowest BCUT2D eigenvalue weighted by atomic mass is 10.1. The minimum Gasteiger partial charge on any atom is -0.322 e. The van der Waals surface area contributed by atoms with Gasteiger partial charge in [-0.1, -0.05) is 26.0 Å². The number of aromatic nitrogens is 4. The zero-order valence-electron chi connectivity index (χ0n) is 17.5. The molecule has 4 rings (SSSR count). The molecule has 8 nitrogen and oxygen atoms in total. The van der Waals surface area contributed by atoms with Crippen LogP contribution < -0.4 is 16.6 Å². The van der Waals surface area contributed by atoms with E-state index in [1.165, 1.54) is 8.97 Å². The van der Waals surface area contributed by atoms with Crippen LogP contribution in [0.4, 0.5) is 14.5 Å². The van der Waals surface area contributed by atoms with Crippen LogP contribution in [0.25, 0.3) is 16.7 Å². The first-order valence-electron chi connectivity index (χ1n) is 10.1. The quantitative estimate of drug-likeness (QED) is 0.498. The van der Waals surface area contributed by atoms with Crippen LogP contribution in [-0.4, -0.2) is 24.7 Å². The highest BCUT2D eigenvalue weighted by atomic mass is 19.1. The maximum atomic E-state index is 13.8. The predicted octanol–water partition coefficient (Wildman–Crippen LogP) is 2.77. The number of fused-ring (bicyclic) bond motifs is 3. The first kappa shape index (κ1) is 21.4. The van der Waals surface area contributed by atoms with Gasteiger partial charge in [0.2, 0.25) is 11.7 Å². The smallest absolute Gasteiger partial charge is 0.322 e. The van der Waals surface area contributed by atoms with Gasteiger partial charge in [0.25, 0.3) is 5.56 Å². The summed E-state index contributed by atoms with van der Waals surface area (Å²) in [4.78, 5) is 38.6. The molecule has 2 aromatic carbocycles. The predicted molar refractivity (Wildman–Crippen MR) is 116 cm³/mol. The third-order valence-corrected chi connectivity index (χ3v) is 5.11. The van der Waals surface area contributed by atoms with Crippen LogP contribution >= 0.6 is 0 Å². The number of anilines is 1. The molecule has 1 amide bonds. The monoisotopic (exact) mass is 441 g/mol. The number of hydrogen-bond acceptors (Lipinski definition) is 4. The van der Waals surface area contributed by atoms with Crippen molar-refractivity contribution in [2.45, 2.75) is 33.4 Å². The second-order valence-corrected chi connectivity index (χ2v) is 7.90. The number of nitrogens with one attached hydrogen (secondary N) is 1. The third kappa shape index (κ3) is 3.91. The second-order valence-electron chi connectivity index (χ2n) is 7.90. The molecule has 0 fully saturated rings. The lowest BCUT2D eigenvalue weighted by Gasteiger charge is -2.10. The lowest BCUT2D eigenvalue weighted by molar-refractivity contribution is -0.117. The minimum atomic E-state index is -0.810. The Bertz CT molecular complexity index is 1450. The summed E-state index contributed by atoms with van der Waals surface area (Å²) in [5, 5.41) is 6.83. The molecule has 2 heterocycles. The summed E-state index contributed by atoms with van der Waals surface area (Å²) in [7, 11) is 0. The number of nitrogens with zero attached hydrogens (tertiary/aromatic N) is 4. The summed E-state index contributed by atoms with van der Waals surface area (Å²) in [5.41, 5.74) is -0.867. The lowest BCUT2D eigenvalue weighted by Crippen LogP contribution is -2.29. The topological polar surface area (TPSA) is 90.4 Å². The van der Waals surface area contributed by atoms with Gasteiger partial charge in [-0.2, -0.15) is 0 Å². The number of hydrogen-bond donors (Lipinski definition) is 1. The van der Waals surface area contributed by atoms with Crippen LogP contribution in [0.15, 0.2) is 52.1 Å². The molecule has 0 aliphatic heterocycles. The molecule has 0 saturated heterocycles. The van der Waals surface area contributed by atoms with Gasteiger partial charge in [0, 0.05) is 12.6 Å². The molecule has 0 spiro atoms. The maximum Gasteiger partial charge on any atom is 0.352 e. The van der Waals surface area contributed by atoms with Crippen molar-refractivity contribution in [3.05, 3.63) is 74.9 Å². The van der Waals surface area contributed by atoms with Crippen molar-refractivity contribution >= 4 is 28.3 Å². The van der Waals surface area contributed by atoms with Crippen LogP contribution in [0.1, 0.15) is 20.3 Å². The molecule has 0 saturated carbocycles. The summed E-state index contributed by atoms with van der Waals surface area (Å²) in [6, 6.07) is 9.33. The number of aryl methyl sites for hydroxylation is 1. The van der Waals surface area contributed by atoms with Crippen molar-refractivity contribution in [2.24, 2.45) is 5.92 Å². The molecule has 0 radical (unpaired) electrons. The molecule has 10 heteroatoms. The van der Waals surface area contributed by atoms with Crippen molar-refractivity contribution in [2.75, 3.05) is 5.32 Å². The van der Waals surface area contributed by atoms with Gasteiger partial charge in [-0.25, -0.2) is 22.7 Å². The first-order chi connectivity index (χ1) is 15.3. The number of benzene rings is 2. The van der Waals surface area contributed by atoms with Gasteiger partial charge in [0.15, 0.2) is 0 Å². The van der Waals surface area contributed by atoms with Crippen molar-refractivity contribution in [3.63, 3.8) is 0 Å². The number of carbonyl (C=O) groups is 1. The van der Waals surface area contributed by atoms with Crippen molar-refractivity contribution in [3.8, 4) is 0 Å². The number of halogens is 2. The van der Waals surface area contributed by atoms with Crippen LogP contribution in [0, 0.1) is 17.6 Å². The van der Waals surface area contributed by atoms with Crippen LogP contribution in [0.5, 0.6) is 0 Å². The Labute approximate surface area is 180 Å². The molecule has 0 atom stereocenters. The molecular formula is C22H21F2N5O3. The molecule has 0 unspecified atom stereocenters. The van der Waals surface area contributed by atoms with Crippen molar-refractivity contribution < 1.29 is 13.6 Å². The molecule has 1 N–H and O–H groups in total. The molecule has 2 aromatic heterocycles. The third-order valence-electron chi connectivity index (χ3n) is 5.11. The zero-order chi connectivity index (χ0) is 23.0. The molecule has 4 aromatic rings. The molecular weight excluding hydrogens is 420 g/mol. The Kier molecular flexibility index (Phi) is 5.60. The normalized spacial score (nSPS) is 11.5. The molecule has 32 heavy (non-hydrogen) atoms. The van der Waals surface area contributed by atoms with Gasteiger partial charge in [-0.05, 0) is 36.6 Å². The number of para-hydroxylation sites is 1.